The quantitative estimate of drug-likeness (QED) is 0.811. The molecular weight excluding hydrogens is 306 g/mol. The third kappa shape index (κ3) is 3.80. The van der Waals surface area contributed by atoms with E-state index in [9.17, 15) is 4.79 Å². The molecule has 0 saturated carbocycles. The Kier molecular flexibility index (Phi) is 5.22. The highest BCUT2D eigenvalue weighted by Gasteiger charge is 2.21. The van der Waals surface area contributed by atoms with Crippen molar-refractivity contribution in [2.75, 3.05) is 39.9 Å². The van der Waals surface area contributed by atoms with E-state index < -0.39 is 0 Å². The molecule has 0 unspecified atom stereocenters. The van der Waals surface area contributed by atoms with E-state index in [0.29, 0.717) is 0 Å². The highest BCUT2D eigenvalue weighted by atomic mass is 16.5. The number of hydrogen-bond donors (Lipinski definition) is 0. The number of amides is 1. The van der Waals surface area contributed by atoms with Crippen LogP contribution in [-0.2, 0) is 23.1 Å². The highest BCUT2D eigenvalue weighted by molar-refractivity contribution is 5.77. The smallest absolute Gasteiger partial charge is 0.248 e. The summed E-state index contributed by atoms with van der Waals surface area (Å²) >= 11 is 0. The summed E-state index contributed by atoms with van der Waals surface area (Å²) in [5.74, 6) is 0.0673. The predicted octanol–water partition coefficient (Wildman–Crippen LogP) is 0.773. The summed E-state index contributed by atoms with van der Waals surface area (Å²) in [6.45, 7) is 4.23. The van der Waals surface area contributed by atoms with Gasteiger partial charge in [-0.05, 0) is 18.2 Å². The van der Waals surface area contributed by atoms with E-state index in [1.54, 1.807) is 19.5 Å². The number of rotatable bonds is 5. The van der Waals surface area contributed by atoms with Crippen LogP contribution in [0.5, 0.6) is 0 Å². The summed E-state index contributed by atoms with van der Waals surface area (Å²) in [5, 5.41) is 4.60. The molecule has 7 nitrogen and oxygen atoms in total. The summed E-state index contributed by atoms with van der Waals surface area (Å²) in [7, 11) is 3.52. The molecule has 0 atom stereocenters. The van der Waals surface area contributed by atoms with Crippen LogP contribution in [0.3, 0.4) is 0 Å². The Labute approximate surface area is 141 Å². The van der Waals surface area contributed by atoms with Crippen LogP contribution in [0.25, 0.3) is 11.3 Å². The number of carbonyl (C=O) groups is 1. The molecule has 7 heteroatoms. The lowest BCUT2D eigenvalue weighted by Gasteiger charge is -2.34. The number of hydrogen-bond acceptors (Lipinski definition) is 5. The Morgan fingerprint density at radius 1 is 1.21 bits per heavy atom. The summed E-state index contributed by atoms with van der Waals surface area (Å²) < 4.78 is 6.85. The van der Waals surface area contributed by atoms with E-state index in [0.717, 1.165) is 44.0 Å². The van der Waals surface area contributed by atoms with Crippen LogP contribution in [0.2, 0.25) is 0 Å². The molecule has 0 N–H and O–H groups in total. The molecule has 128 valence electrons. The average molecular weight is 329 g/mol. The Bertz CT molecular complexity index is 678. The van der Waals surface area contributed by atoms with Gasteiger partial charge in [0.05, 0.1) is 11.4 Å². The molecule has 0 aliphatic carbocycles. The topological polar surface area (TPSA) is 63.5 Å². The Hall–Kier alpha value is -2.25. The number of piperazine rings is 1. The third-order valence-corrected chi connectivity index (χ3v) is 4.33. The fraction of sp³-hybridized carbons (Fsp3) is 0.471. The molecule has 24 heavy (non-hydrogen) atoms. The van der Waals surface area contributed by atoms with E-state index in [2.05, 4.69) is 21.0 Å². The van der Waals surface area contributed by atoms with Crippen molar-refractivity contribution in [2.24, 2.45) is 7.05 Å². The molecule has 0 radical (unpaired) electrons. The fourth-order valence-electron chi connectivity index (χ4n) is 2.92. The van der Waals surface area contributed by atoms with Gasteiger partial charge in [-0.25, -0.2) is 0 Å². The van der Waals surface area contributed by atoms with E-state index in [-0.39, 0.29) is 12.5 Å². The third-order valence-electron chi connectivity index (χ3n) is 4.33. The lowest BCUT2D eigenvalue weighted by atomic mass is 10.2. The molecule has 2 aromatic heterocycles. The number of aryl methyl sites for hydroxylation is 1. The monoisotopic (exact) mass is 329 g/mol. The second-order valence-corrected chi connectivity index (χ2v) is 5.97. The van der Waals surface area contributed by atoms with Crippen LogP contribution >= 0.6 is 0 Å². The maximum atomic E-state index is 11.8. The summed E-state index contributed by atoms with van der Waals surface area (Å²) in [6, 6.07) is 6.05. The van der Waals surface area contributed by atoms with Crippen molar-refractivity contribution in [1.29, 1.82) is 0 Å². The van der Waals surface area contributed by atoms with Gasteiger partial charge < -0.3 is 9.64 Å². The zero-order valence-corrected chi connectivity index (χ0v) is 14.2. The van der Waals surface area contributed by atoms with Gasteiger partial charge in [0, 0.05) is 64.8 Å². The standard InChI is InChI=1S/C17H23N5O2/c1-20-15(11-16(19-20)14-3-5-18-6-4-14)12-21-7-9-22(10-8-21)17(23)13-24-2/h3-6,11H,7-10,12-13H2,1-2H3. The lowest BCUT2D eigenvalue weighted by molar-refractivity contribution is -0.136. The molecular formula is C17H23N5O2. The van der Waals surface area contributed by atoms with Crippen LogP contribution in [0, 0.1) is 0 Å². The normalized spacial score (nSPS) is 15.7. The number of methoxy groups -OCH3 is 1. The van der Waals surface area contributed by atoms with E-state index in [1.165, 1.54) is 5.69 Å². The van der Waals surface area contributed by atoms with E-state index in [1.807, 2.05) is 28.8 Å². The van der Waals surface area contributed by atoms with E-state index in [4.69, 9.17) is 4.74 Å². The second-order valence-electron chi connectivity index (χ2n) is 5.97. The average Bonchev–Trinajstić information content (AvgIpc) is 2.97. The molecule has 3 rings (SSSR count). The first-order valence-electron chi connectivity index (χ1n) is 8.10. The maximum absolute atomic E-state index is 11.8. The van der Waals surface area contributed by atoms with Gasteiger partial charge in [0.15, 0.2) is 0 Å². The second kappa shape index (κ2) is 7.55. The summed E-state index contributed by atoms with van der Waals surface area (Å²) in [6.07, 6.45) is 3.56. The maximum Gasteiger partial charge on any atom is 0.248 e. The van der Waals surface area contributed by atoms with Crippen molar-refractivity contribution in [3.63, 3.8) is 0 Å². The van der Waals surface area contributed by atoms with Crippen LogP contribution in [0.4, 0.5) is 0 Å². The zero-order valence-electron chi connectivity index (χ0n) is 14.2. The molecule has 1 aliphatic rings. The Balaban J connectivity index is 1.60. The first-order valence-corrected chi connectivity index (χ1v) is 8.10. The number of aromatic nitrogens is 3. The molecule has 0 spiro atoms. The van der Waals surface area contributed by atoms with Gasteiger partial charge >= 0.3 is 0 Å². The van der Waals surface area contributed by atoms with Crippen molar-refractivity contribution in [2.45, 2.75) is 6.54 Å². The van der Waals surface area contributed by atoms with Crippen molar-refractivity contribution >= 4 is 5.91 Å². The van der Waals surface area contributed by atoms with Crippen molar-refractivity contribution in [3.8, 4) is 11.3 Å². The van der Waals surface area contributed by atoms with Crippen LogP contribution < -0.4 is 0 Å². The van der Waals surface area contributed by atoms with Gasteiger partial charge in [-0.3, -0.25) is 19.4 Å². The largest absolute Gasteiger partial charge is 0.375 e. The highest BCUT2D eigenvalue weighted by Crippen LogP contribution is 2.19. The Morgan fingerprint density at radius 3 is 2.58 bits per heavy atom. The van der Waals surface area contributed by atoms with Crippen molar-refractivity contribution in [3.05, 3.63) is 36.3 Å². The van der Waals surface area contributed by atoms with Crippen LogP contribution in [0.15, 0.2) is 30.6 Å². The molecule has 0 bridgehead atoms. The fourth-order valence-corrected chi connectivity index (χ4v) is 2.92. The first-order chi connectivity index (χ1) is 11.7. The lowest BCUT2D eigenvalue weighted by Crippen LogP contribution is -2.49. The van der Waals surface area contributed by atoms with Gasteiger partial charge in [-0.1, -0.05) is 0 Å². The minimum atomic E-state index is 0.0673. The molecule has 1 fully saturated rings. The zero-order chi connectivity index (χ0) is 16.9. The summed E-state index contributed by atoms with van der Waals surface area (Å²) in [4.78, 5) is 20.1. The molecule has 1 aliphatic heterocycles. The van der Waals surface area contributed by atoms with Crippen molar-refractivity contribution in [1.82, 2.24) is 24.6 Å². The minimum Gasteiger partial charge on any atom is -0.375 e. The number of nitrogens with zero attached hydrogens (tertiary/aromatic N) is 5. The Morgan fingerprint density at radius 2 is 1.92 bits per heavy atom. The van der Waals surface area contributed by atoms with Gasteiger partial charge in [0.1, 0.15) is 6.61 Å². The molecule has 1 saturated heterocycles. The van der Waals surface area contributed by atoms with Crippen LogP contribution in [0.1, 0.15) is 5.69 Å². The predicted molar refractivity (Wildman–Crippen MR) is 90.2 cm³/mol. The van der Waals surface area contributed by atoms with Gasteiger partial charge in [-0.2, -0.15) is 5.10 Å². The molecule has 3 heterocycles. The van der Waals surface area contributed by atoms with Gasteiger partial charge in [-0.15, -0.1) is 0 Å². The van der Waals surface area contributed by atoms with Gasteiger partial charge in [0.25, 0.3) is 0 Å². The van der Waals surface area contributed by atoms with Gasteiger partial charge in [0.2, 0.25) is 5.91 Å². The number of carbonyl (C=O) groups excluding carboxylic acids is 1. The molecule has 0 aromatic carbocycles. The summed E-state index contributed by atoms with van der Waals surface area (Å²) in [5.41, 5.74) is 3.20. The first kappa shape index (κ1) is 16.6. The number of ether oxygens (including phenoxy) is 1. The minimum absolute atomic E-state index is 0.0673. The van der Waals surface area contributed by atoms with E-state index >= 15 is 0 Å². The molecule has 2 aromatic rings. The van der Waals surface area contributed by atoms with Crippen LogP contribution in [-0.4, -0.2) is 70.4 Å². The van der Waals surface area contributed by atoms with Crippen molar-refractivity contribution < 1.29 is 9.53 Å². The number of pyridine rings is 1. The SMILES string of the molecule is COCC(=O)N1CCN(Cc2cc(-c3ccncc3)nn2C)CC1. The molecule has 1 amide bonds.